The van der Waals surface area contributed by atoms with Crippen LogP contribution in [0.4, 0.5) is 16.0 Å². The van der Waals surface area contributed by atoms with Crippen molar-refractivity contribution in [2.45, 2.75) is 0 Å². The minimum absolute atomic E-state index is 0.0240. The molecule has 0 aliphatic carbocycles. The lowest BCUT2D eigenvalue weighted by Crippen LogP contribution is -2.30. The Morgan fingerprint density at radius 1 is 1.00 bits per heavy atom. The van der Waals surface area contributed by atoms with E-state index in [0.29, 0.717) is 32.1 Å². The van der Waals surface area contributed by atoms with Gasteiger partial charge in [-0.15, -0.1) is 11.3 Å². The average molecular weight is 542 g/mol. The van der Waals surface area contributed by atoms with E-state index in [-0.39, 0.29) is 16.4 Å². The lowest BCUT2D eigenvalue weighted by Gasteiger charge is -2.10. The zero-order chi connectivity index (χ0) is 26.2. The molecule has 6 aromatic rings. The number of aliphatic imine (C=N–C) groups is 1. The van der Waals surface area contributed by atoms with Gasteiger partial charge in [-0.05, 0) is 46.1 Å². The number of nitrogen functional groups attached to an aromatic ring is 1. The van der Waals surface area contributed by atoms with Crippen LogP contribution < -0.4 is 15.5 Å². The van der Waals surface area contributed by atoms with E-state index in [4.69, 9.17) is 26.8 Å². The molecule has 3 aromatic carbocycles. The van der Waals surface area contributed by atoms with Crippen molar-refractivity contribution < 1.29 is 18.7 Å². The highest BCUT2D eigenvalue weighted by Crippen LogP contribution is 2.41. The van der Waals surface area contributed by atoms with E-state index in [1.54, 1.807) is 24.3 Å². The number of hydrogen-bond donors (Lipinski definition) is 1. The van der Waals surface area contributed by atoms with E-state index in [0.717, 1.165) is 22.6 Å². The van der Waals surface area contributed by atoms with Gasteiger partial charge in [-0.2, -0.15) is 0 Å². The third-order valence-electron chi connectivity index (χ3n) is 5.86. The molecule has 0 atom stereocenters. The van der Waals surface area contributed by atoms with Gasteiger partial charge in [-0.1, -0.05) is 54.1 Å². The monoisotopic (exact) mass is 541 g/mol. The zero-order valence-electron chi connectivity index (χ0n) is 19.5. The average Bonchev–Trinajstić information content (AvgIpc) is 3.53. The number of thiophene rings is 1. The van der Waals surface area contributed by atoms with Gasteiger partial charge in [0, 0.05) is 34.0 Å². The van der Waals surface area contributed by atoms with E-state index in [1.165, 1.54) is 23.0 Å². The Morgan fingerprint density at radius 3 is 2.55 bits per heavy atom. The van der Waals surface area contributed by atoms with Crippen molar-refractivity contribution in [1.29, 1.82) is 0 Å². The minimum Gasteiger partial charge on any atom is -0.857 e. The number of rotatable bonds is 5. The molecule has 0 saturated heterocycles. The summed E-state index contributed by atoms with van der Waals surface area (Å²) in [5.41, 5.74) is 10.2. The molecule has 3 aromatic heterocycles. The number of pyridine rings is 1. The van der Waals surface area contributed by atoms with E-state index in [2.05, 4.69) is 10.3 Å². The normalized spacial score (nSPS) is 11.8. The maximum absolute atomic E-state index is 14.2. The summed E-state index contributed by atoms with van der Waals surface area (Å²) in [5.74, 6) is -0.964. The molecule has 0 spiro atoms. The van der Waals surface area contributed by atoms with Crippen molar-refractivity contribution in [2.24, 2.45) is 4.99 Å². The second-order valence-corrected chi connectivity index (χ2v) is 9.77. The van der Waals surface area contributed by atoms with Gasteiger partial charge in [-0.3, -0.25) is 4.52 Å². The van der Waals surface area contributed by atoms with Gasteiger partial charge in [-0.25, -0.2) is 14.4 Å². The summed E-state index contributed by atoms with van der Waals surface area (Å²) in [5, 5.41) is 18.3. The first-order chi connectivity index (χ1) is 18.5. The van der Waals surface area contributed by atoms with Gasteiger partial charge in [0.05, 0.1) is 16.3 Å². The molecule has 0 saturated carbocycles. The van der Waals surface area contributed by atoms with Crippen LogP contribution in [0.1, 0.15) is 4.88 Å². The van der Waals surface area contributed by atoms with Crippen LogP contribution in [0, 0.1) is 5.82 Å². The summed E-state index contributed by atoms with van der Waals surface area (Å²) < 4.78 is 20.9. The van der Waals surface area contributed by atoms with Crippen LogP contribution in [0.3, 0.4) is 0 Å². The molecule has 186 valence electrons. The molecule has 0 aliphatic heterocycles. The highest BCUT2D eigenvalue weighted by molar-refractivity contribution is 7.21. The third kappa shape index (κ3) is 4.49. The van der Waals surface area contributed by atoms with Gasteiger partial charge >= 0.3 is 5.88 Å². The second-order valence-electron chi connectivity index (χ2n) is 8.33. The van der Waals surface area contributed by atoms with Crippen LogP contribution in [0.25, 0.3) is 38.3 Å². The fourth-order valence-electron chi connectivity index (χ4n) is 4.07. The molecule has 7 nitrogen and oxygen atoms in total. The van der Waals surface area contributed by atoms with Crippen molar-refractivity contribution in [3.8, 4) is 28.1 Å². The Balaban J connectivity index is 1.48. The van der Waals surface area contributed by atoms with Gasteiger partial charge in [0.15, 0.2) is 0 Å². The third-order valence-corrected chi connectivity index (χ3v) is 7.20. The van der Waals surface area contributed by atoms with E-state index >= 15 is 0 Å². The summed E-state index contributed by atoms with van der Waals surface area (Å²) in [6.07, 6.45) is 1.51. The highest BCUT2D eigenvalue weighted by Gasteiger charge is 2.20. The highest BCUT2D eigenvalue weighted by atomic mass is 35.5. The standard InChI is InChI=1S/C28H17ClFN5O2S/c29-18-11-9-16(10-12-18)22-14-21(17-5-4-6-19(30)13-17)24-25(31)26(38-28(24)32-22)27(36)33-23-15-35(34-37-23)20-7-2-1-3-8-20/h1-15H,(H2-,31,33,34,36). The van der Waals surface area contributed by atoms with Gasteiger partial charge in [0.25, 0.3) is 6.20 Å². The van der Waals surface area contributed by atoms with Crippen LogP contribution >= 0.6 is 22.9 Å². The topological polar surface area (TPSA) is 104 Å². The number of fused-ring (bicyclic) bond motifs is 1. The maximum atomic E-state index is 14.2. The van der Waals surface area contributed by atoms with Gasteiger partial charge in [0.2, 0.25) is 11.0 Å². The van der Waals surface area contributed by atoms with E-state index < -0.39 is 11.7 Å². The molecule has 3 heterocycles. The smallest absolute Gasteiger partial charge is 0.321 e. The summed E-state index contributed by atoms with van der Waals surface area (Å²) in [7, 11) is 0. The molecular formula is C28H17ClFN5O2S. The summed E-state index contributed by atoms with van der Waals surface area (Å²) in [4.78, 5) is 9.56. The molecule has 6 rings (SSSR count). The zero-order valence-corrected chi connectivity index (χ0v) is 21.1. The van der Waals surface area contributed by atoms with Crippen molar-refractivity contribution in [1.82, 2.24) is 10.3 Å². The number of aromatic nitrogens is 3. The first-order valence-corrected chi connectivity index (χ1v) is 12.6. The number of halogens is 2. The molecule has 2 N–H and O–H groups in total. The van der Waals surface area contributed by atoms with Crippen LogP contribution in [0.15, 0.2) is 101 Å². The number of nitrogens with zero attached hydrogens (tertiary/aromatic N) is 4. The molecule has 0 aliphatic rings. The first kappa shape index (κ1) is 23.8. The minimum atomic E-state index is -0.597. The Hall–Kier alpha value is -4.60. The van der Waals surface area contributed by atoms with Crippen LogP contribution in [-0.4, -0.2) is 16.2 Å². The Morgan fingerprint density at radius 2 is 1.79 bits per heavy atom. The lowest BCUT2D eigenvalue weighted by atomic mass is 9.99. The van der Waals surface area contributed by atoms with Crippen molar-refractivity contribution >= 4 is 50.6 Å². The van der Waals surface area contributed by atoms with E-state index in [9.17, 15) is 9.50 Å². The molecule has 0 fully saturated rings. The van der Waals surface area contributed by atoms with Crippen molar-refractivity contribution in [2.75, 3.05) is 5.73 Å². The number of benzene rings is 3. The largest absolute Gasteiger partial charge is 0.857 e. The molecule has 0 unspecified atom stereocenters. The molecular weight excluding hydrogens is 525 g/mol. The molecule has 10 heteroatoms. The summed E-state index contributed by atoms with van der Waals surface area (Å²) in [6.45, 7) is 0. The van der Waals surface area contributed by atoms with Crippen LogP contribution in [0.5, 0.6) is 0 Å². The van der Waals surface area contributed by atoms with E-state index in [1.807, 2.05) is 48.5 Å². The van der Waals surface area contributed by atoms with Crippen LogP contribution in [-0.2, 0) is 0 Å². The Bertz CT molecular complexity index is 1820. The summed E-state index contributed by atoms with van der Waals surface area (Å²) >= 11 is 7.17. The van der Waals surface area contributed by atoms with Crippen molar-refractivity contribution in [3.05, 3.63) is 107 Å². The summed E-state index contributed by atoms with van der Waals surface area (Å²) in [6, 6.07) is 24.5. The molecule has 0 bridgehead atoms. The maximum Gasteiger partial charge on any atom is 0.321 e. The molecule has 0 radical (unpaired) electrons. The predicted octanol–water partition coefficient (Wildman–Crippen LogP) is 5.71. The van der Waals surface area contributed by atoms with Gasteiger partial charge < -0.3 is 10.8 Å². The Labute approximate surface area is 224 Å². The first-order valence-electron chi connectivity index (χ1n) is 11.4. The molecule has 38 heavy (non-hydrogen) atoms. The fraction of sp³-hybridized carbons (Fsp3) is 0. The number of anilines is 1. The Kier molecular flexibility index (Phi) is 6.07. The van der Waals surface area contributed by atoms with Gasteiger partial charge in [0.1, 0.15) is 10.6 Å². The predicted molar refractivity (Wildman–Crippen MR) is 144 cm³/mol. The quantitative estimate of drug-likeness (QED) is 0.171. The van der Waals surface area contributed by atoms with Crippen LogP contribution in [0.2, 0.25) is 5.02 Å². The number of nitrogens with two attached hydrogens (primary N) is 1. The number of para-hydroxylation sites is 1. The second kappa shape index (κ2) is 9.70. The molecule has 0 amide bonds. The fourth-order valence-corrected chi connectivity index (χ4v) is 5.20. The lowest BCUT2D eigenvalue weighted by molar-refractivity contribution is -0.670. The number of hydrogen-bond acceptors (Lipinski definition) is 7. The SMILES string of the molecule is Nc1c(/C([O-])=N/c2c[n+](-c3ccccc3)no2)sc2nc(-c3ccc(Cl)cc3)cc(-c3cccc(F)c3)c12. The van der Waals surface area contributed by atoms with Crippen molar-refractivity contribution in [3.63, 3.8) is 0 Å².